The quantitative estimate of drug-likeness (QED) is 0.641. The molecule has 0 spiro atoms. The van der Waals surface area contributed by atoms with Crippen LogP contribution in [-0.2, 0) is 10.5 Å². The van der Waals surface area contributed by atoms with Gasteiger partial charge in [0.15, 0.2) is 10.1 Å². The van der Waals surface area contributed by atoms with Crippen LogP contribution >= 0.6 is 34.4 Å². The van der Waals surface area contributed by atoms with Crippen LogP contribution in [0.25, 0.3) is 10.6 Å². The summed E-state index contributed by atoms with van der Waals surface area (Å²) < 4.78 is 11.7. The number of nitrogens with zero attached hydrogens (tertiary/aromatic N) is 4. The third-order valence-corrected chi connectivity index (χ3v) is 6.38. The van der Waals surface area contributed by atoms with Crippen molar-refractivity contribution in [1.82, 2.24) is 15.4 Å². The van der Waals surface area contributed by atoms with Crippen molar-refractivity contribution in [2.75, 3.05) is 31.2 Å². The molecule has 0 bridgehead atoms. The van der Waals surface area contributed by atoms with Crippen molar-refractivity contribution in [3.8, 4) is 10.6 Å². The van der Waals surface area contributed by atoms with E-state index in [1.165, 1.54) is 0 Å². The Kier molecular flexibility index (Phi) is 4.60. The van der Waals surface area contributed by atoms with Gasteiger partial charge in [0.05, 0.1) is 23.8 Å². The third-order valence-electron chi connectivity index (χ3n) is 3.34. The van der Waals surface area contributed by atoms with E-state index >= 15 is 0 Å². The zero-order chi connectivity index (χ0) is 15.5. The molecule has 9 heteroatoms. The van der Waals surface area contributed by atoms with Crippen molar-refractivity contribution < 1.29 is 9.26 Å². The van der Waals surface area contributed by atoms with Gasteiger partial charge in [-0.15, -0.1) is 21.5 Å². The first-order chi connectivity index (χ1) is 11.4. The van der Waals surface area contributed by atoms with Crippen LogP contribution in [0.1, 0.15) is 5.69 Å². The van der Waals surface area contributed by atoms with Crippen molar-refractivity contribution in [1.29, 1.82) is 0 Å². The lowest BCUT2D eigenvalue weighted by Crippen LogP contribution is -2.36. The molecule has 0 saturated carbocycles. The van der Waals surface area contributed by atoms with Gasteiger partial charge in [-0.05, 0) is 11.4 Å². The molecule has 1 aliphatic heterocycles. The van der Waals surface area contributed by atoms with E-state index < -0.39 is 0 Å². The summed E-state index contributed by atoms with van der Waals surface area (Å²) in [4.78, 5) is 3.32. The van der Waals surface area contributed by atoms with Crippen molar-refractivity contribution in [2.45, 2.75) is 10.1 Å². The molecule has 0 aliphatic carbocycles. The number of thiophene rings is 1. The molecule has 1 saturated heterocycles. The van der Waals surface area contributed by atoms with Gasteiger partial charge in [-0.1, -0.05) is 34.3 Å². The van der Waals surface area contributed by atoms with Gasteiger partial charge in [0.1, 0.15) is 0 Å². The summed E-state index contributed by atoms with van der Waals surface area (Å²) in [6.07, 6.45) is 0. The van der Waals surface area contributed by atoms with Crippen LogP contribution in [0.3, 0.4) is 0 Å². The lowest BCUT2D eigenvalue weighted by atomic mass is 10.3. The number of morpholine rings is 1. The van der Waals surface area contributed by atoms with Crippen LogP contribution in [0.2, 0.25) is 0 Å². The van der Waals surface area contributed by atoms with E-state index in [4.69, 9.17) is 9.26 Å². The molecule has 0 amide bonds. The average molecular weight is 366 g/mol. The molecule has 0 N–H and O–H groups in total. The Bertz CT molecular complexity index is 750. The topological polar surface area (TPSA) is 64.3 Å². The second-order valence-electron chi connectivity index (χ2n) is 4.90. The van der Waals surface area contributed by atoms with E-state index in [0.717, 1.165) is 57.9 Å². The molecule has 0 unspecified atom stereocenters. The van der Waals surface area contributed by atoms with E-state index in [0.29, 0.717) is 0 Å². The molecule has 3 aromatic heterocycles. The van der Waals surface area contributed by atoms with Crippen molar-refractivity contribution in [3.63, 3.8) is 0 Å². The van der Waals surface area contributed by atoms with Crippen LogP contribution in [0.4, 0.5) is 5.13 Å². The Morgan fingerprint density at radius 1 is 1.26 bits per heavy atom. The minimum absolute atomic E-state index is 0.729. The highest BCUT2D eigenvalue weighted by Gasteiger charge is 2.16. The molecule has 0 radical (unpaired) electrons. The zero-order valence-corrected chi connectivity index (χ0v) is 14.6. The fourth-order valence-electron chi connectivity index (χ4n) is 2.19. The minimum atomic E-state index is 0.729. The number of rotatable bonds is 5. The number of ether oxygens (including phenoxy) is 1. The molecule has 3 aromatic rings. The van der Waals surface area contributed by atoms with Gasteiger partial charge in [0, 0.05) is 24.9 Å². The summed E-state index contributed by atoms with van der Waals surface area (Å²) in [7, 11) is 0. The van der Waals surface area contributed by atoms with Gasteiger partial charge in [0.2, 0.25) is 5.13 Å². The van der Waals surface area contributed by atoms with E-state index in [1.807, 2.05) is 23.6 Å². The molecule has 6 nitrogen and oxygen atoms in total. The van der Waals surface area contributed by atoms with E-state index in [2.05, 4.69) is 20.3 Å². The fourth-order valence-corrected chi connectivity index (χ4v) is 4.64. The van der Waals surface area contributed by atoms with E-state index in [9.17, 15) is 0 Å². The molecule has 23 heavy (non-hydrogen) atoms. The summed E-state index contributed by atoms with van der Waals surface area (Å²) in [5.41, 5.74) is 0.918. The van der Waals surface area contributed by atoms with Crippen LogP contribution in [0, 0.1) is 0 Å². The third kappa shape index (κ3) is 3.57. The molecular formula is C14H14N4O2S3. The predicted molar refractivity (Wildman–Crippen MR) is 92.3 cm³/mol. The molecule has 120 valence electrons. The van der Waals surface area contributed by atoms with Crippen LogP contribution < -0.4 is 4.90 Å². The molecule has 1 aliphatic rings. The van der Waals surface area contributed by atoms with Gasteiger partial charge in [-0.3, -0.25) is 0 Å². The first-order valence-corrected chi connectivity index (χ1v) is 9.85. The first kappa shape index (κ1) is 15.1. The maximum atomic E-state index is 5.39. The predicted octanol–water partition coefficient (Wildman–Crippen LogP) is 3.38. The first-order valence-electron chi connectivity index (χ1n) is 7.17. The summed E-state index contributed by atoms with van der Waals surface area (Å²) >= 11 is 4.90. The molecular weight excluding hydrogens is 352 g/mol. The minimum Gasteiger partial charge on any atom is -0.378 e. The van der Waals surface area contributed by atoms with Crippen LogP contribution in [-0.4, -0.2) is 41.7 Å². The normalized spacial score (nSPS) is 15.2. The van der Waals surface area contributed by atoms with Gasteiger partial charge in [-0.25, -0.2) is 0 Å². The fraction of sp³-hybridized carbons (Fsp3) is 0.357. The largest absolute Gasteiger partial charge is 0.378 e. The summed E-state index contributed by atoms with van der Waals surface area (Å²) in [6, 6.07) is 6.02. The van der Waals surface area contributed by atoms with Gasteiger partial charge in [0.25, 0.3) is 0 Å². The van der Waals surface area contributed by atoms with E-state index in [1.54, 1.807) is 34.4 Å². The SMILES string of the molecule is c1csc(-c2cc(CSc3nnc(N4CCOCC4)s3)no2)c1. The van der Waals surface area contributed by atoms with Gasteiger partial charge in [-0.2, -0.15) is 0 Å². The summed E-state index contributed by atoms with van der Waals surface area (Å²) in [6.45, 7) is 3.28. The van der Waals surface area contributed by atoms with Crippen molar-refractivity contribution in [3.05, 3.63) is 29.3 Å². The summed E-state index contributed by atoms with van der Waals surface area (Å²) in [5, 5.41) is 15.7. The Morgan fingerprint density at radius 2 is 2.17 bits per heavy atom. The second kappa shape index (κ2) is 7.00. The molecule has 1 fully saturated rings. The maximum absolute atomic E-state index is 5.39. The molecule has 4 rings (SSSR count). The van der Waals surface area contributed by atoms with Crippen LogP contribution in [0.5, 0.6) is 0 Å². The Morgan fingerprint density at radius 3 is 3.00 bits per heavy atom. The van der Waals surface area contributed by atoms with E-state index in [-0.39, 0.29) is 0 Å². The lowest BCUT2D eigenvalue weighted by Gasteiger charge is -2.25. The number of hydrogen-bond acceptors (Lipinski definition) is 9. The van der Waals surface area contributed by atoms with Gasteiger partial charge >= 0.3 is 0 Å². The Hall–Kier alpha value is -1.42. The van der Waals surface area contributed by atoms with Crippen LogP contribution in [0.15, 0.2) is 32.4 Å². The summed E-state index contributed by atoms with van der Waals surface area (Å²) in [5.74, 6) is 1.55. The monoisotopic (exact) mass is 366 g/mol. The standard InChI is InChI=1S/C14H14N4O2S3/c1-2-12(21-7-1)11-8-10(17-20-11)9-22-14-16-15-13(23-14)18-3-5-19-6-4-18/h1-2,7-8H,3-6,9H2. The average Bonchev–Trinajstić information content (AvgIpc) is 3.33. The lowest BCUT2D eigenvalue weighted by molar-refractivity contribution is 0.122. The Labute approximate surface area is 145 Å². The highest BCUT2D eigenvalue weighted by molar-refractivity contribution is 8.00. The van der Waals surface area contributed by atoms with Crippen molar-refractivity contribution in [2.24, 2.45) is 0 Å². The second-order valence-corrected chi connectivity index (χ2v) is 8.02. The Balaban J connectivity index is 1.37. The number of hydrogen-bond donors (Lipinski definition) is 0. The van der Waals surface area contributed by atoms with Gasteiger partial charge < -0.3 is 14.2 Å². The number of anilines is 1. The zero-order valence-electron chi connectivity index (χ0n) is 12.2. The molecule has 0 atom stereocenters. The molecule has 0 aromatic carbocycles. The highest BCUT2D eigenvalue weighted by Crippen LogP contribution is 2.32. The smallest absolute Gasteiger partial charge is 0.209 e. The number of thioether (sulfide) groups is 1. The molecule has 4 heterocycles. The maximum Gasteiger partial charge on any atom is 0.209 e. The van der Waals surface area contributed by atoms with Crippen molar-refractivity contribution >= 4 is 39.6 Å². The number of aromatic nitrogens is 3. The highest BCUT2D eigenvalue weighted by atomic mass is 32.2.